The lowest BCUT2D eigenvalue weighted by Crippen LogP contribution is -2.07. The van der Waals surface area contributed by atoms with Gasteiger partial charge in [-0.05, 0) is 30.0 Å². The van der Waals surface area contributed by atoms with Gasteiger partial charge in [0.1, 0.15) is 18.6 Å². The first-order valence-corrected chi connectivity index (χ1v) is 7.33. The number of aromatic nitrogens is 1. The molecule has 0 aliphatic heterocycles. The number of carbonyl (C=O) groups excluding carboxylic acids is 1. The standard InChI is InChI=1S/C16H13NO3S/c1-11-5-2-3-6-13(11)16(18)20-10-12-9-19-15(17-12)14-7-4-8-21-14/h2-9H,10H2,1H3. The summed E-state index contributed by atoms with van der Waals surface area (Å²) < 4.78 is 10.6. The van der Waals surface area contributed by atoms with E-state index in [0.29, 0.717) is 17.1 Å². The Morgan fingerprint density at radius 2 is 2.14 bits per heavy atom. The third-order valence-electron chi connectivity index (χ3n) is 3.00. The summed E-state index contributed by atoms with van der Waals surface area (Å²) in [6, 6.07) is 11.2. The van der Waals surface area contributed by atoms with Crippen LogP contribution in [-0.2, 0) is 11.3 Å². The zero-order valence-corrected chi connectivity index (χ0v) is 12.2. The van der Waals surface area contributed by atoms with E-state index in [4.69, 9.17) is 9.15 Å². The van der Waals surface area contributed by atoms with Gasteiger partial charge in [-0.15, -0.1) is 11.3 Å². The molecule has 0 bridgehead atoms. The maximum atomic E-state index is 12.0. The molecule has 3 aromatic rings. The van der Waals surface area contributed by atoms with Crippen LogP contribution < -0.4 is 0 Å². The van der Waals surface area contributed by atoms with Gasteiger partial charge in [0.25, 0.3) is 0 Å². The first-order valence-electron chi connectivity index (χ1n) is 6.45. The molecule has 0 aliphatic rings. The molecule has 0 unspecified atom stereocenters. The van der Waals surface area contributed by atoms with E-state index in [2.05, 4.69) is 4.98 Å². The van der Waals surface area contributed by atoms with E-state index in [1.807, 2.05) is 42.6 Å². The number of carbonyl (C=O) groups is 1. The first-order chi connectivity index (χ1) is 10.2. The third-order valence-corrected chi connectivity index (χ3v) is 3.86. The molecule has 21 heavy (non-hydrogen) atoms. The summed E-state index contributed by atoms with van der Waals surface area (Å²) in [4.78, 5) is 17.3. The molecule has 2 aromatic heterocycles. The highest BCUT2D eigenvalue weighted by Gasteiger charge is 2.12. The minimum atomic E-state index is -0.353. The van der Waals surface area contributed by atoms with Gasteiger partial charge in [0.15, 0.2) is 0 Å². The summed E-state index contributed by atoms with van der Waals surface area (Å²) in [7, 11) is 0. The zero-order chi connectivity index (χ0) is 14.7. The number of hydrogen-bond acceptors (Lipinski definition) is 5. The van der Waals surface area contributed by atoms with Gasteiger partial charge in [0, 0.05) is 0 Å². The van der Waals surface area contributed by atoms with Crippen molar-refractivity contribution in [3.63, 3.8) is 0 Å². The molecule has 1 aromatic carbocycles. The zero-order valence-electron chi connectivity index (χ0n) is 11.4. The van der Waals surface area contributed by atoms with E-state index in [0.717, 1.165) is 10.4 Å². The second kappa shape index (κ2) is 5.93. The van der Waals surface area contributed by atoms with Crippen LogP contribution in [0.15, 0.2) is 52.5 Å². The van der Waals surface area contributed by atoms with Crippen LogP contribution in [0.2, 0.25) is 0 Å². The maximum Gasteiger partial charge on any atom is 0.338 e. The Labute approximate surface area is 126 Å². The van der Waals surface area contributed by atoms with Crippen LogP contribution >= 0.6 is 11.3 Å². The van der Waals surface area contributed by atoms with E-state index in [9.17, 15) is 4.79 Å². The number of aryl methyl sites for hydroxylation is 1. The molecule has 3 rings (SSSR count). The number of ether oxygens (including phenoxy) is 1. The Morgan fingerprint density at radius 3 is 2.90 bits per heavy atom. The average molecular weight is 299 g/mol. The van der Waals surface area contributed by atoms with Crippen LogP contribution in [0.1, 0.15) is 21.6 Å². The molecule has 0 saturated heterocycles. The van der Waals surface area contributed by atoms with Crippen LogP contribution in [0.4, 0.5) is 0 Å². The summed E-state index contributed by atoms with van der Waals surface area (Å²) in [6.45, 7) is 1.98. The predicted molar refractivity (Wildman–Crippen MR) is 80.1 cm³/mol. The molecular weight excluding hydrogens is 286 g/mol. The molecule has 2 heterocycles. The highest BCUT2D eigenvalue weighted by atomic mass is 32.1. The lowest BCUT2D eigenvalue weighted by Gasteiger charge is -2.04. The Kier molecular flexibility index (Phi) is 3.83. The summed E-state index contributed by atoms with van der Waals surface area (Å²) in [6.07, 6.45) is 1.51. The van der Waals surface area contributed by atoms with Crippen molar-refractivity contribution in [1.29, 1.82) is 0 Å². The van der Waals surface area contributed by atoms with Crippen molar-refractivity contribution in [3.05, 3.63) is 64.9 Å². The Balaban J connectivity index is 1.66. The van der Waals surface area contributed by atoms with E-state index in [1.54, 1.807) is 17.4 Å². The number of nitrogens with zero attached hydrogens (tertiary/aromatic N) is 1. The van der Waals surface area contributed by atoms with Gasteiger partial charge in [-0.2, -0.15) is 0 Å². The monoisotopic (exact) mass is 299 g/mol. The first kappa shape index (κ1) is 13.6. The normalized spacial score (nSPS) is 10.5. The lowest BCUT2D eigenvalue weighted by molar-refractivity contribution is 0.0467. The highest BCUT2D eigenvalue weighted by Crippen LogP contribution is 2.23. The van der Waals surface area contributed by atoms with Crippen molar-refractivity contribution in [3.8, 4) is 10.8 Å². The van der Waals surface area contributed by atoms with Gasteiger partial charge >= 0.3 is 5.97 Å². The fourth-order valence-corrected chi connectivity index (χ4v) is 2.56. The lowest BCUT2D eigenvalue weighted by atomic mass is 10.1. The van der Waals surface area contributed by atoms with Crippen LogP contribution in [-0.4, -0.2) is 11.0 Å². The van der Waals surface area contributed by atoms with Crippen LogP contribution in [0.25, 0.3) is 10.8 Å². The van der Waals surface area contributed by atoms with E-state index >= 15 is 0 Å². The molecule has 0 aliphatic carbocycles. The third kappa shape index (κ3) is 3.03. The summed E-state index contributed by atoms with van der Waals surface area (Å²) in [5, 5.41) is 1.96. The van der Waals surface area contributed by atoms with Crippen LogP contribution in [0.5, 0.6) is 0 Å². The molecule has 0 N–H and O–H groups in total. The predicted octanol–water partition coefficient (Wildman–Crippen LogP) is 4.07. The average Bonchev–Trinajstić information content (AvgIpc) is 3.16. The van der Waals surface area contributed by atoms with Gasteiger partial charge in [-0.3, -0.25) is 0 Å². The molecular formula is C16H13NO3S. The quantitative estimate of drug-likeness (QED) is 0.681. The van der Waals surface area contributed by atoms with Crippen molar-refractivity contribution < 1.29 is 13.9 Å². The molecule has 0 fully saturated rings. The van der Waals surface area contributed by atoms with Gasteiger partial charge < -0.3 is 9.15 Å². The number of esters is 1. The summed E-state index contributed by atoms with van der Waals surface area (Å²) >= 11 is 1.55. The molecule has 0 spiro atoms. The summed E-state index contributed by atoms with van der Waals surface area (Å²) in [5.74, 6) is 0.195. The number of hydrogen-bond donors (Lipinski definition) is 0. The smallest absolute Gasteiger partial charge is 0.338 e. The van der Waals surface area contributed by atoms with Gasteiger partial charge in [0.05, 0.1) is 10.4 Å². The number of oxazole rings is 1. The largest absolute Gasteiger partial charge is 0.455 e. The van der Waals surface area contributed by atoms with Crippen molar-refractivity contribution in [2.75, 3.05) is 0 Å². The van der Waals surface area contributed by atoms with E-state index in [1.165, 1.54) is 6.26 Å². The molecule has 0 radical (unpaired) electrons. The van der Waals surface area contributed by atoms with Crippen molar-refractivity contribution in [2.24, 2.45) is 0 Å². The van der Waals surface area contributed by atoms with E-state index < -0.39 is 0 Å². The molecule has 0 amide bonds. The Hall–Kier alpha value is -2.40. The number of benzene rings is 1. The van der Waals surface area contributed by atoms with Crippen LogP contribution in [0.3, 0.4) is 0 Å². The van der Waals surface area contributed by atoms with Crippen molar-refractivity contribution in [1.82, 2.24) is 4.98 Å². The Bertz CT molecular complexity index is 746. The Morgan fingerprint density at radius 1 is 1.29 bits per heavy atom. The second-order valence-electron chi connectivity index (χ2n) is 4.51. The minimum absolute atomic E-state index is 0.0992. The van der Waals surface area contributed by atoms with Crippen LogP contribution in [0, 0.1) is 6.92 Å². The van der Waals surface area contributed by atoms with Gasteiger partial charge in [-0.25, -0.2) is 9.78 Å². The van der Waals surface area contributed by atoms with E-state index in [-0.39, 0.29) is 12.6 Å². The molecule has 106 valence electrons. The fraction of sp³-hybridized carbons (Fsp3) is 0.125. The van der Waals surface area contributed by atoms with Gasteiger partial charge in [-0.1, -0.05) is 24.3 Å². The molecule has 0 atom stereocenters. The highest BCUT2D eigenvalue weighted by molar-refractivity contribution is 7.13. The summed E-state index contributed by atoms with van der Waals surface area (Å²) in [5.41, 5.74) is 2.06. The SMILES string of the molecule is Cc1ccccc1C(=O)OCc1coc(-c2cccs2)n1. The van der Waals surface area contributed by atoms with Gasteiger partial charge in [0.2, 0.25) is 5.89 Å². The van der Waals surface area contributed by atoms with Crippen molar-refractivity contribution in [2.45, 2.75) is 13.5 Å². The molecule has 5 heteroatoms. The molecule has 4 nitrogen and oxygen atoms in total. The second-order valence-corrected chi connectivity index (χ2v) is 5.46. The number of thiophene rings is 1. The molecule has 0 saturated carbocycles. The maximum absolute atomic E-state index is 12.0. The number of rotatable bonds is 4. The topological polar surface area (TPSA) is 52.3 Å². The fourth-order valence-electron chi connectivity index (χ4n) is 1.91. The van der Waals surface area contributed by atoms with Crippen molar-refractivity contribution >= 4 is 17.3 Å². The minimum Gasteiger partial charge on any atom is -0.455 e.